The summed E-state index contributed by atoms with van der Waals surface area (Å²) >= 11 is 0. The largest absolute Gasteiger partial charge is 0.459 e. The molecule has 0 aliphatic carbocycles. The highest BCUT2D eigenvalue weighted by Crippen LogP contribution is 2.22. The van der Waals surface area contributed by atoms with E-state index in [0.29, 0.717) is 6.42 Å². The van der Waals surface area contributed by atoms with Gasteiger partial charge in [0.15, 0.2) is 5.78 Å². The van der Waals surface area contributed by atoms with Crippen molar-refractivity contribution in [3.63, 3.8) is 0 Å². The van der Waals surface area contributed by atoms with Crippen molar-refractivity contribution in [2.45, 2.75) is 53.2 Å². The molecule has 1 rings (SSSR count). The summed E-state index contributed by atoms with van der Waals surface area (Å²) in [6.45, 7) is 9.45. The Hall–Kier alpha value is -1.68. The van der Waals surface area contributed by atoms with Gasteiger partial charge in [-0.1, -0.05) is 52.0 Å². The quantitative estimate of drug-likeness (QED) is 0.689. The summed E-state index contributed by atoms with van der Waals surface area (Å²) in [6.07, 6.45) is 9.79. The first kappa shape index (κ1) is 20.4. The molecule has 1 aliphatic heterocycles. The van der Waals surface area contributed by atoms with Crippen molar-refractivity contribution in [3.8, 4) is 0 Å². The van der Waals surface area contributed by atoms with Crippen LogP contribution in [-0.4, -0.2) is 29.1 Å². The SMILES string of the molecule is C[C@@H]1C[C@H](C)[C@H](O)[C@@H](C)/C=C/C(=O)O[C@H](C)[C@@H](C)/C=C/C=C/C1=O. The fraction of sp³-hybridized carbons (Fsp3) is 0.600. The Morgan fingerprint density at radius 3 is 2.29 bits per heavy atom. The molecular weight excluding hydrogens is 304 g/mol. The molecular formula is C20H30O4. The first-order valence-corrected chi connectivity index (χ1v) is 8.68. The highest BCUT2D eigenvalue weighted by atomic mass is 16.5. The molecule has 0 radical (unpaired) electrons. The van der Waals surface area contributed by atoms with Gasteiger partial charge in [-0.25, -0.2) is 4.79 Å². The molecule has 0 bridgehead atoms. The molecule has 4 nitrogen and oxygen atoms in total. The van der Waals surface area contributed by atoms with Crippen molar-refractivity contribution >= 4 is 11.8 Å². The maximum absolute atomic E-state index is 12.1. The summed E-state index contributed by atoms with van der Waals surface area (Å²) in [5.41, 5.74) is 0. The fourth-order valence-corrected chi connectivity index (χ4v) is 2.72. The molecule has 0 aromatic heterocycles. The first-order chi connectivity index (χ1) is 11.2. The molecule has 0 saturated heterocycles. The predicted molar refractivity (Wildman–Crippen MR) is 95.3 cm³/mol. The summed E-state index contributed by atoms with van der Waals surface area (Å²) < 4.78 is 5.36. The third-order valence-electron chi connectivity index (χ3n) is 4.70. The highest BCUT2D eigenvalue weighted by molar-refractivity contribution is 5.91. The molecule has 0 unspecified atom stereocenters. The van der Waals surface area contributed by atoms with E-state index in [1.54, 1.807) is 18.2 Å². The molecule has 1 aliphatic rings. The number of aliphatic hydroxyl groups is 1. The maximum atomic E-state index is 12.1. The Morgan fingerprint density at radius 2 is 1.62 bits per heavy atom. The standard InChI is InChI=1S/C20H30O4/c1-13-8-6-7-9-18(21)15(3)12-16(4)20(23)14(2)10-11-19(22)24-17(13)5/h6-11,13-17,20,23H,12H2,1-5H3/b8-6+,9-7+,11-10+/t13-,14-,15+,16-,17+,20+/m0/s1. The number of rotatable bonds is 0. The Labute approximate surface area is 145 Å². The van der Waals surface area contributed by atoms with Crippen LogP contribution in [0.2, 0.25) is 0 Å². The zero-order valence-electron chi connectivity index (χ0n) is 15.3. The normalized spacial score (nSPS) is 40.6. The lowest BCUT2D eigenvalue weighted by molar-refractivity contribution is -0.143. The van der Waals surface area contributed by atoms with Crippen molar-refractivity contribution in [1.82, 2.24) is 0 Å². The van der Waals surface area contributed by atoms with Crippen LogP contribution in [0.25, 0.3) is 0 Å². The van der Waals surface area contributed by atoms with Gasteiger partial charge in [-0.15, -0.1) is 0 Å². The minimum Gasteiger partial charge on any atom is -0.459 e. The zero-order valence-corrected chi connectivity index (χ0v) is 15.3. The van der Waals surface area contributed by atoms with Gasteiger partial charge in [0, 0.05) is 23.8 Å². The van der Waals surface area contributed by atoms with E-state index in [-0.39, 0.29) is 35.6 Å². The number of hydrogen-bond acceptors (Lipinski definition) is 4. The maximum Gasteiger partial charge on any atom is 0.330 e. The number of carbonyl (C=O) groups is 2. The molecule has 1 N–H and O–H groups in total. The topological polar surface area (TPSA) is 63.6 Å². The van der Waals surface area contributed by atoms with E-state index in [1.807, 2.05) is 46.8 Å². The first-order valence-electron chi connectivity index (χ1n) is 8.68. The van der Waals surface area contributed by atoms with Crippen LogP contribution in [0, 0.1) is 23.7 Å². The average Bonchev–Trinajstić information content (AvgIpc) is 2.54. The van der Waals surface area contributed by atoms with Gasteiger partial charge in [0.1, 0.15) is 6.10 Å². The minimum absolute atomic E-state index is 0.0375. The van der Waals surface area contributed by atoms with Crippen LogP contribution in [0.1, 0.15) is 41.0 Å². The van der Waals surface area contributed by atoms with Crippen LogP contribution in [0.5, 0.6) is 0 Å². The van der Waals surface area contributed by atoms with E-state index in [1.165, 1.54) is 6.08 Å². The lowest BCUT2D eigenvalue weighted by Gasteiger charge is -2.24. The van der Waals surface area contributed by atoms with Gasteiger partial charge in [0.05, 0.1) is 6.10 Å². The number of ether oxygens (including phenoxy) is 1. The van der Waals surface area contributed by atoms with E-state index >= 15 is 0 Å². The smallest absolute Gasteiger partial charge is 0.330 e. The zero-order chi connectivity index (χ0) is 18.3. The molecule has 0 aromatic carbocycles. The lowest BCUT2D eigenvalue weighted by atomic mass is 9.85. The molecule has 0 spiro atoms. The minimum atomic E-state index is -0.613. The van der Waals surface area contributed by atoms with Crippen molar-refractivity contribution in [2.24, 2.45) is 23.7 Å². The summed E-state index contributed by atoms with van der Waals surface area (Å²) in [7, 11) is 0. The Kier molecular flexibility index (Phi) is 8.13. The van der Waals surface area contributed by atoms with E-state index in [4.69, 9.17) is 4.74 Å². The molecule has 1 heterocycles. The van der Waals surface area contributed by atoms with Crippen LogP contribution in [-0.2, 0) is 14.3 Å². The number of hydrogen-bond donors (Lipinski definition) is 1. The lowest BCUT2D eigenvalue weighted by Crippen LogP contribution is -2.27. The van der Waals surface area contributed by atoms with Gasteiger partial charge < -0.3 is 9.84 Å². The van der Waals surface area contributed by atoms with Crippen LogP contribution < -0.4 is 0 Å². The van der Waals surface area contributed by atoms with E-state index in [9.17, 15) is 14.7 Å². The second-order valence-electron chi connectivity index (χ2n) is 6.97. The third-order valence-corrected chi connectivity index (χ3v) is 4.70. The number of carbonyl (C=O) groups excluding carboxylic acids is 2. The van der Waals surface area contributed by atoms with Crippen LogP contribution >= 0.6 is 0 Å². The molecule has 24 heavy (non-hydrogen) atoms. The van der Waals surface area contributed by atoms with Crippen LogP contribution in [0.3, 0.4) is 0 Å². The predicted octanol–water partition coefficient (Wildman–Crippen LogP) is 3.46. The summed E-state index contributed by atoms with van der Waals surface area (Å²) in [5, 5.41) is 10.4. The number of allylic oxidation sites excluding steroid dienone is 3. The van der Waals surface area contributed by atoms with Gasteiger partial charge in [-0.2, -0.15) is 0 Å². The Balaban J connectivity index is 2.99. The number of aliphatic hydroxyl groups excluding tert-OH is 1. The number of ketones is 1. The molecule has 0 saturated carbocycles. The van der Waals surface area contributed by atoms with Crippen LogP contribution in [0.15, 0.2) is 36.5 Å². The monoisotopic (exact) mass is 334 g/mol. The second kappa shape index (κ2) is 9.58. The average molecular weight is 334 g/mol. The highest BCUT2D eigenvalue weighted by Gasteiger charge is 2.23. The summed E-state index contributed by atoms with van der Waals surface area (Å²) in [6, 6.07) is 0. The van der Waals surface area contributed by atoms with Gasteiger partial charge in [-0.3, -0.25) is 4.79 Å². The Bertz CT molecular complexity index is 518. The molecule has 0 aromatic rings. The van der Waals surface area contributed by atoms with E-state index in [0.717, 1.165) is 0 Å². The second-order valence-corrected chi connectivity index (χ2v) is 6.97. The van der Waals surface area contributed by atoms with Gasteiger partial charge in [-0.05, 0) is 25.3 Å². The summed E-state index contributed by atoms with van der Waals surface area (Å²) in [4.78, 5) is 24.0. The van der Waals surface area contributed by atoms with Crippen molar-refractivity contribution in [2.75, 3.05) is 0 Å². The van der Waals surface area contributed by atoms with Gasteiger partial charge in [0.2, 0.25) is 0 Å². The van der Waals surface area contributed by atoms with E-state index < -0.39 is 12.1 Å². The van der Waals surface area contributed by atoms with Crippen molar-refractivity contribution < 1.29 is 19.4 Å². The van der Waals surface area contributed by atoms with Gasteiger partial charge >= 0.3 is 5.97 Å². The molecule has 4 heteroatoms. The fourth-order valence-electron chi connectivity index (χ4n) is 2.72. The molecule has 0 amide bonds. The van der Waals surface area contributed by atoms with Crippen molar-refractivity contribution in [3.05, 3.63) is 36.5 Å². The van der Waals surface area contributed by atoms with Gasteiger partial charge in [0.25, 0.3) is 0 Å². The number of cyclic esters (lactones) is 1. The molecule has 134 valence electrons. The number of esters is 1. The van der Waals surface area contributed by atoms with E-state index in [2.05, 4.69) is 0 Å². The molecule has 0 fully saturated rings. The Morgan fingerprint density at radius 1 is 0.958 bits per heavy atom. The van der Waals surface area contributed by atoms with Crippen molar-refractivity contribution in [1.29, 1.82) is 0 Å². The summed E-state index contributed by atoms with van der Waals surface area (Å²) in [5.74, 6) is -0.691. The van der Waals surface area contributed by atoms with Crippen LogP contribution in [0.4, 0.5) is 0 Å². The third kappa shape index (κ3) is 6.44. The molecule has 6 atom stereocenters.